The van der Waals surface area contributed by atoms with Crippen LogP contribution in [0, 0.1) is 12.8 Å². The Labute approximate surface area is 221 Å². The van der Waals surface area contributed by atoms with E-state index in [2.05, 4.69) is 20.5 Å². The first-order valence-corrected chi connectivity index (χ1v) is 12.9. The van der Waals surface area contributed by atoms with Crippen LogP contribution in [-0.4, -0.2) is 75.1 Å². The van der Waals surface area contributed by atoms with Crippen LogP contribution in [0.5, 0.6) is 5.75 Å². The monoisotopic (exact) mass is 520 g/mol. The molecular formula is C28H32N4O6. The lowest BCUT2D eigenvalue weighted by atomic mass is 9.96. The number of morpholine rings is 1. The lowest BCUT2D eigenvalue weighted by molar-refractivity contribution is -0.139. The van der Waals surface area contributed by atoms with Gasteiger partial charge in [0.15, 0.2) is 11.3 Å². The van der Waals surface area contributed by atoms with E-state index in [0.29, 0.717) is 12.3 Å². The third-order valence-electron chi connectivity index (χ3n) is 6.69. The predicted molar refractivity (Wildman–Crippen MR) is 142 cm³/mol. The molecule has 1 aromatic carbocycles. The third-order valence-corrected chi connectivity index (χ3v) is 6.69. The van der Waals surface area contributed by atoms with Crippen LogP contribution in [0.2, 0.25) is 0 Å². The van der Waals surface area contributed by atoms with E-state index in [1.165, 1.54) is 0 Å². The minimum atomic E-state index is -0.734. The van der Waals surface area contributed by atoms with Gasteiger partial charge in [0.05, 0.1) is 19.8 Å². The van der Waals surface area contributed by atoms with Gasteiger partial charge in [-0.25, -0.2) is 4.79 Å². The molecule has 1 fully saturated rings. The first kappa shape index (κ1) is 25.7. The smallest absolute Gasteiger partial charge is 0.347 e. The molecule has 0 aromatic heterocycles. The number of fused-ring (bicyclic) bond motifs is 1. The number of hydrogen-bond acceptors (Lipinski definition) is 10. The van der Waals surface area contributed by atoms with Gasteiger partial charge in [-0.15, -0.1) is 0 Å². The average Bonchev–Trinajstić information content (AvgIpc) is 3.47. The number of esters is 1. The van der Waals surface area contributed by atoms with Gasteiger partial charge < -0.3 is 29.6 Å². The van der Waals surface area contributed by atoms with Crippen LogP contribution < -0.4 is 15.4 Å². The van der Waals surface area contributed by atoms with Crippen molar-refractivity contribution in [2.24, 2.45) is 10.9 Å². The van der Waals surface area contributed by atoms with Gasteiger partial charge in [0.25, 0.3) is 0 Å². The second-order valence-electron chi connectivity index (χ2n) is 9.23. The number of aryl methyl sites for hydroxylation is 1. The fourth-order valence-corrected chi connectivity index (χ4v) is 4.63. The zero-order valence-electron chi connectivity index (χ0n) is 21.6. The lowest BCUT2D eigenvalue weighted by Gasteiger charge is -2.26. The molecular weight excluding hydrogens is 488 g/mol. The van der Waals surface area contributed by atoms with Crippen LogP contribution in [0.15, 0.2) is 70.4 Å². The van der Waals surface area contributed by atoms with Crippen LogP contribution >= 0.6 is 0 Å². The van der Waals surface area contributed by atoms with Gasteiger partial charge in [0.2, 0.25) is 11.7 Å². The van der Waals surface area contributed by atoms with E-state index >= 15 is 0 Å². The van der Waals surface area contributed by atoms with E-state index in [0.717, 1.165) is 49.7 Å². The van der Waals surface area contributed by atoms with Crippen LogP contribution in [0.3, 0.4) is 0 Å². The summed E-state index contributed by atoms with van der Waals surface area (Å²) in [7, 11) is 0. The molecule has 200 valence electrons. The Morgan fingerprint density at radius 3 is 2.95 bits per heavy atom. The highest BCUT2D eigenvalue weighted by Gasteiger charge is 2.38. The summed E-state index contributed by atoms with van der Waals surface area (Å²) in [6.45, 7) is 8.49. The Balaban J connectivity index is 1.29. The molecule has 10 nitrogen and oxygen atoms in total. The summed E-state index contributed by atoms with van der Waals surface area (Å²) in [4.78, 5) is 32.7. The fraction of sp³-hybridized carbons (Fsp3) is 0.393. The molecule has 4 aliphatic rings. The number of nitrogens with zero attached hydrogens (tertiary/aromatic N) is 2. The van der Waals surface area contributed by atoms with E-state index in [1.807, 2.05) is 43.5 Å². The largest absolute Gasteiger partial charge is 0.492 e. The Morgan fingerprint density at radius 2 is 2.16 bits per heavy atom. The lowest BCUT2D eigenvalue weighted by Crippen LogP contribution is -2.38. The zero-order chi connectivity index (χ0) is 26.5. The minimum absolute atomic E-state index is 0.0232. The number of nitrogens with one attached hydrogen (secondary N) is 2. The molecule has 4 heterocycles. The van der Waals surface area contributed by atoms with Crippen molar-refractivity contribution in [1.82, 2.24) is 10.2 Å². The van der Waals surface area contributed by atoms with Crippen molar-refractivity contribution in [2.75, 3.05) is 51.4 Å². The number of ether oxygens (including phenoxy) is 4. The van der Waals surface area contributed by atoms with Gasteiger partial charge in [0, 0.05) is 43.7 Å². The molecule has 0 saturated carbocycles. The van der Waals surface area contributed by atoms with Gasteiger partial charge >= 0.3 is 5.97 Å². The minimum Gasteiger partial charge on any atom is -0.492 e. The summed E-state index contributed by atoms with van der Waals surface area (Å²) in [5.74, 6) is -0.452. The number of carbonyl (C=O) groups is 2. The van der Waals surface area contributed by atoms with E-state index < -0.39 is 11.8 Å². The standard InChI is InChI=1S/C28H32N4O6/c1-3-36-28(34)24-25(33)23(16-19-17-30-26-21(19)5-4-8-29-26)38-27(24)31-22-7-6-20(15-18(22)2)37-14-11-32-9-12-35-13-10-32/h4-8,15-17,21,26,30-31H,3,9-14H2,1-2H3/b23-16-. The van der Waals surface area contributed by atoms with E-state index in [4.69, 9.17) is 18.9 Å². The molecule has 2 N–H and O–H groups in total. The van der Waals surface area contributed by atoms with Crippen molar-refractivity contribution in [2.45, 2.75) is 20.0 Å². The summed E-state index contributed by atoms with van der Waals surface area (Å²) < 4.78 is 22.4. The Hall–Kier alpha value is -3.89. The van der Waals surface area contributed by atoms with E-state index in [1.54, 1.807) is 19.2 Å². The van der Waals surface area contributed by atoms with Crippen molar-refractivity contribution in [3.8, 4) is 5.75 Å². The number of allylic oxidation sites excluding steroid dienone is 3. The van der Waals surface area contributed by atoms with Gasteiger partial charge in [0.1, 0.15) is 18.5 Å². The number of benzene rings is 1. The van der Waals surface area contributed by atoms with Gasteiger partial charge in [-0.3, -0.25) is 14.7 Å². The highest BCUT2D eigenvalue weighted by atomic mass is 16.5. The molecule has 0 spiro atoms. The second kappa shape index (κ2) is 11.7. The molecule has 2 atom stereocenters. The predicted octanol–water partition coefficient (Wildman–Crippen LogP) is 2.45. The Bertz CT molecular complexity index is 1240. The molecule has 1 aromatic rings. The molecule has 38 heavy (non-hydrogen) atoms. The van der Waals surface area contributed by atoms with Crippen molar-refractivity contribution < 1.29 is 28.5 Å². The zero-order valence-corrected chi connectivity index (χ0v) is 21.6. The average molecular weight is 521 g/mol. The second-order valence-corrected chi connectivity index (χ2v) is 9.23. The Morgan fingerprint density at radius 1 is 1.32 bits per heavy atom. The van der Waals surface area contributed by atoms with Crippen molar-refractivity contribution in [3.63, 3.8) is 0 Å². The van der Waals surface area contributed by atoms with Crippen molar-refractivity contribution >= 4 is 23.7 Å². The van der Waals surface area contributed by atoms with Crippen molar-refractivity contribution in [3.05, 3.63) is 71.0 Å². The summed E-state index contributed by atoms with van der Waals surface area (Å²) in [5, 5.41) is 6.30. The van der Waals surface area contributed by atoms with Crippen LogP contribution in [0.25, 0.3) is 0 Å². The summed E-state index contributed by atoms with van der Waals surface area (Å²) in [5.41, 5.74) is 2.23. The SMILES string of the molecule is CCOC(=O)C1=C(Nc2ccc(OCCN3CCOCC3)cc2C)O/C(=C\C2=CNC3N=CC=CC23)C1=O. The molecule has 0 bridgehead atoms. The number of hydrogen-bond donors (Lipinski definition) is 2. The normalized spacial score (nSPS) is 23.7. The quantitative estimate of drug-likeness (QED) is 0.288. The maximum atomic E-state index is 13.2. The van der Waals surface area contributed by atoms with E-state index in [9.17, 15) is 9.59 Å². The first-order valence-electron chi connectivity index (χ1n) is 12.9. The fourth-order valence-electron chi connectivity index (χ4n) is 4.63. The molecule has 0 aliphatic carbocycles. The number of ketones is 1. The maximum Gasteiger partial charge on any atom is 0.347 e. The topological polar surface area (TPSA) is 111 Å². The molecule has 0 amide bonds. The third kappa shape index (κ3) is 5.66. The number of Topliss-reactive ketones (excluding diaryl/α,β-unsaturated/α-hetero) is 1. The molecule has 5 rings (SSSR count). The van der Waals surface area contributed by atoms with Crippen molar-refractivity contribution in [1.29, 1.82) is 0 Å². The number of aliphatic imine (C=N–C) groups is 1. The van der Waals surface area contributed by atoms with E-state index in [-0.39, 0.29) is 35.9 Å². The molecule has 4 aliphatic heterocycles. The highest BCUT2D eigenvalue weighted by molar-refractivity contribution is 6.25. The van der Waals surface area contributed by atoms with Gasteiger partial charge in [-0.05, 0) is 55.3 Å². The molecule has 2 unspecified atom stereocenters. The van der Waals surface area contributed by atoms with Crippen LogP contribution in [0.1, 0.15) is 12.5 Å². The number of carbonyl (C=O) groups excluding carboxylic acids is 2. The molecule has 0 radical (unpaired) electrons. The van der Waals surface area contributed by atoms with Crippen LogP contribution in [-0.2, 0) is 23.8 Å². The highest BCUT2D eigenvalue weighted by Crippen LogP contribution is 2.33. The maximum absolute atomic E-state index is 13.2. The Kier molecular flexibility index (Phi) is 7.90. The molecule has 1 saturated heterocycles. The summed E-state index contributed by atoms with van der Waals surface area (Å²) >= 11 is 0. The number of rotatable bonds is 9. The number of dihydropyridines is 1. The van der Waals surface area contributed by atoms with Crippen LogP contribution in [0.4, 0.5) is 5.69 Å². The van der Waals surface area contributed by atoms with Gasteiger partial charge in [-0.2, -0.15) is 0 Å². The summed E-state index contributed by atoms with van der Waals surface area (Å²) in [6, 6.07) is 5.59. The first-order chi connectivity index (χ1) is 18.5. The number of anilines is 1. The molecule has 10 heteroatoms. The van der Waals surface area contributed by atoms with Gasteiger partial charge in [-0.1, -0.05) is 6.08 Å². The summed E-state index contributed by atoms with van der Waals surface area (Å²) in [6.07, 6.45) is 8.95.